The number of carbonyl (C=O) groups excluding carboxylic acids is 1. The van der Waals surface area contributed by atoms with Crippen LogP contribution in [0, 0.1) is 5.82 Å². The van der Waals surface area contributed by atoms with Crippen molar-refractivity contribution in [2.75, 3.05) is 21.3 Å². The van der Waals surface area contributed by atoms with E-state index in [1.54, 1.807) is 31.2 Å². The van der Waals surface area contributed by atoms with Gasteiger partial charge in [-0.1, -0.05) is 17.3 Å². The smallest absolute Gasteiger partial charge is 0.249 e. The lowest BCUT2D eigenvalue weighted by Gasteiger charge is -2.12. The van der Waals surface area contributed by atoms with E-state index in [0.717, 1.165) is 0 Å². The largest absolute Gasteiger partial charge is 0.493 e. The molecule has 1 atom stereocenters. The van der Waals surface area contributed by atoms with E-state index >= 15 is 0 Å². The molecular weight excluding hydrogens is 393 g/mol. The van der Waals surface area contributed by atoms with Gasteiger partial charge in [0, 0.05) is 5.56 Å². The van der Waals surface area contributed by atoms with Crippen LogP contribution in [0.1, 0.15) is 24.4 Å². The van der Waals surface area contributed by atoms with Crippen LogP contribution in [0.3, 0.4) is 0 Å². The highest BCUT2D eigenvalue weighted by Crippen LogP contribution is 2.40. The summed E-state index contributed by atoms with van der Waals surface area (Å²) in [6, 6.07) is 8.65. The van der Waals surface area contributed by atoms with Crippen molar-refractivity contribution in [1.82, 2.24) is 15.5 Å². The van der Waals surface area contributed by atoms with Crippen molar-refractivity contribution in [3.05, 3.63) is 53.7 Å². The first-order valence-corrected chi connectivity index (χ1v) is 9.13. The van der Waals surface area contributed by atoms with Gasteiger partial charge in [-0.25, -0.2) is 4.39 Å². The molecule has 0 aliphatic rings. The number of rotatable bonds is 8. The lowest BCUT2D eigenvalue weighted by atomic mass is 10.1. The van der Waals surface area contributed by atoms with Crippen molar-refractivity contribution in [3.63, 3.8) is 0 Å². The van der Waals surface area contributed by atoms with Gasteiger partial charge in [0.25, 0.3) is 0 Å². The summed E-state index contributed by atoms with van der Waals surface area (Å²) in [6.45, 7) is 1.73. The number of nitrogens with one attached hydrogen (secondary N) is 1. The van der Waals surface area contributed by atoms with Crippen LogP contribution in [0.5, 0.6) is 17.2 Å². The molecule has 8 nitrogen and oxygen atoms in total. The Kier molecular flexibility index (Phi) is 6.51. The molecule has 0 aliphatic carbocycles. The van der Waals surface area contributed by atoms with Gasteiger partial charge in [-0.15, -0.1) is 0 Å². The molecule has 0 bridgehead atoms. The van der Waals surface area contributed by atoms with Crippen molar-refractivity contribution in [2.45, 2.75) is 19.4 Å². The molecule has 1 amide bonds. The first-order valence-electron chi connectivity index (χ1n) is 9.13. The summed E-state index contributed by atoms with van der Waals surface area (Å²) in [5, 5.41) is 6.77. The van der Waals surface area contributed by atoms with Crippen molar-refractivity contribution in [2.24, 2.45) is 0 Å². The zero-order valence-electron chi connectivity index (χ0n) is 17.1. The number of amides is 1. The highest BCUT2D eigenvalue weighted by atomic mass is 19.1. The molecule has 1 aromatic heterocycles. The quantitative estimate of drug-likeness (QED) is 0.603. The zero-order chi connectivity index (χ0) is 21.7. The Morgan fingerprint density at radius 1 is 1.10 bits per heavy atom. The Bertz CT molecular complexity index is 995. The van der Waals surface area contributed by atoms with E-state index < -0.39 is 6.04 Å². The van der Waals surface area contributed by atoms with Crippen LogP contribution >= 0.6 is 0 Å². The Morgan fingerprint density at radius 3 is 2.30 bits per heavy atom. The van der Waals surface area contributed by atoms with Gasteiger partial charge in [-0.2, -0.15) is 4.98 Å². The van der Waals surface area contributed by atoms with E-state index in [1.807, 2.05) is 0 Å². The van der Waals surface area contributed by atoms with Gasteiger partial charge in [0.2, 0.25) is 23.4 Å². The molecule has 30 heavy (non-hydrogen) atoms. The maximum atomic E-state index is 13.0. The van der Waals surface area contributed by atoms with Gasteiger partial charge in [0.15, 0.2) is 11.5 Å². The fourth-order valence-corrected chi connectivity index (χ4v) is 2.88. The average Bonchev–Trinajstić information content (AvgIpc) is 3.24. The first kappa shape index (κ1) is 21.1. The van der Waals surface area contributed by atoms with Crippen LogP contribution in [0.15, 0.2) is 40.9 Å². The maximum Gasteiger partial charge on any atom is 0.249 e. The number of halogens is 1. The molecule has 0 aliphatic heterocycles. The monoisotopic (exact) mass is 415 g/mol. The highest BCUT2D eigenvalue weighted by molar-refractivity contribution is 5.78. The lowest BCUT2D eigenvalue weighted by molar-refractivity contribution is -0.121. The second kappa shape index (κ2) is 9.25. The summed E-state index contributed by atoms with van der Waals surface area (Å²) >= 11 is 0. The topological polar surface area (TPSA) is 95.7 Å². The summed E-state index contributed by atoms with van der Waals surface area (Å²) in [6.07, 6.45) is 0.110. The summed E-state index contributed by atoms with van der Waals surface area (Å²) in [5.41, 5.74) is 1.30. The first-order chi connectivity index (χ1) is 14.4. The molecule has 0 spiro atoms. The number of hydrogen-bond donors (Lipinski definition) is 1. The Hall–Kier alpha value is -3.62. The predicted octanol–water partition coefficient (Wildman–Crippen LogP) is 3.32. The summed E-state index contributed by atoms with van der Waals surface area (Å²) in [5.74, 6) is 1.32. The zero-order valence-corrected chi connectivity index (χ0v) is 17.1. The molecule has 1 N–H and O–H groups in total. The maximum absolute atomic E-state index is 13.0. The summed E-state index contributed by atoms with van der Waals surface area (Å²) in [4.78, 5) is 16.6. The van der Waals surface area contributed by atoms with Gasteiger partial charge in [0.05, 0.1) is 27.8 Å². The van der Waals surface area contributed by atoms with E-state index in [9.17, 15) is 9.18 Å². The molecule has 9 heteroatoms. The third-order valence-electron chi connectivity index (χ3n) is 4.39. The predicted molar refractivity (Wildman–Crippen MR) is 106 cm³/mol. The molecule has 1 heterocycles. The van der Waals surface area contributed by atoms with E-state index in [-0.39, 0.29) is 24.0 Å². The molecular formula is C21H22FN3O5. The number of methoxy groups -OCH3 is 3. The Balaban J connectivity index is 1.74. The van der Waals surface area contributed by atoms with Gasteiger partial charge in [0.1, 0.15) is 11.9 Å². The van der Waals surface area contributed by atoms with Crippen LogP contribution < -0.4 is 19.5 Å². The van der Waals surface area contributed by atoms with Crippen LogP contribution in [0.2, 0.25) is 0 Å². The third-order valence-corrected chi connectivity index (χ3v) is 4.39. The molecule has 0 radical (unpaired) electrons. The minimum absolute atomic E-state index is 0.110. The summed E-state index contributed by atoms with van der Waals surface area (Å²) in [7, 11) is 4.55. The van der Waals surface area contributed by atoms with Crippen LogP contribution in [-0.4, -0.2) is 37.4 Å². The Morgan fingerprint density at radius 2 is 1.73 bits per heavy atom. The minimum atomic E-state index is -0.513. The highest BCUT2D eigenvalue weighted by Gasteiger charge is 2.20. The molecule has 0 fully saturated rings. The molecule has 2 aromatic carbocycles. The number of benzene rings is 2. The fraction of sp³-hybridized carbons (Fsp3) is 0.286. The molecule has 0 unspecified atom stereocenters. The van der Waals surface area contributed by atoms with Gasteiger partial charge < -0.3 is 24.1 Å². The minimum Gasteiger partial charge on any atom is -0.493 e. The second-order valence-electron chi connectivity index (χ2n) is 6.46. The van der Waals surface area contributed by atoms with Gasteiger partial charge in [-0.05, 0) is 36.8 Å². The van der Waals surface area contributed by atoms with E-state index in [1.165, 1.54) is 33.5 Å². The van der Waals surface area contributed by atoms with Crippen molar-refractivity contribution < 1.29 is 27.9 Å². The van der Waals surface area contributed by atoms with E-state index in [0.29, 0.717) is 34.2 Å². The molecule has 3 rings (SSSR count). The van der Waals surface area contributed by atoms with Crippen molar-refractivity contribution >= 4 is 5.91 Å². The van der Waals surface area contributed by atoms with Gasteiger partial charge in [-0.3, -0.25) is 4.79 Å². The molecule has 158 valence electrons. The molecule has 0 saturated heterocycles. The lowest BCUT2D eigenvalue weighted by Crippen LogP contribution is -2.28. The number of carbonyl (C=O) groups is 1. The Labute approximate surface area is 173 Å². The second-order valence-corrected chi connectivity index (χ2v) is 6.46. The van der Waals surface area contributed by atoms with Crippen molar-refractivity contribution in [3.8, 4) is 28.6 Å². The number of ether oxygens (including phenoxy) is 3. The van der Waals surface area contributed by atoms with Gasteiger partial charge >= 0.3 is 0 Å². The van der Waals surface area contributed by atoms with Crippen LogP contribution in [0.25, 0.3) is 11.4 Å². The standard InChI is InChI=1S/C21H22FN3O5/c1-12(23-18(26)9-13-5-7-15(22)8-6-13)21-24-20(25-30-21)14-10-16(27-2)19(29-4)17(11-14)28-3/h5-8,10-12H,9H2,1-4H3,(H,23,26)/t12-/m1/s1. The SMILES string of the molecule is COc1cc(-c2noc([C@@H](C)NC(=O)Cc3ccc(F)cc3)n2)cc(OC)c1OC. The summed E-state index contributed by atoms with van der Waals surface area (Å²) < 4.78 is 34.3. The fourth-order valence-electron chi connectivity index (χ4n) is 2.88. The van der Waals surface area contributed by atoms with Crippen LogP contribution in [0.4, 0.5) is 4.39 Å². The normalized spacial score (nSPS) is 11.6. The molecule has 3 aromatic rings. The number of nitrogens with zero attached hydrogens (tertiary/aromatic N) is 2. The number of aromatic nitrogens is 2. The van der Waals surface area contributed by atoms with Crippen LogP contribution in [-0.2, 0) is 11.2 Å². The molecule has 0 saturated carbocycles. The third kappa shape index (κ3) is 4.68. The average molecular weight is 415 g/mol. The van der Waals surface area contributed by atoms with E-state index in [2.05, 4.69) is 15.5 Å². The van der Waals surface area contributed by atoms with E-state index in [4.69, 9.17) is 18.7 Å². The van der Waals surface area contributed by atoms with Crippen molar-refractivity contribution in [1.29, 1.82) is 0 Å². The number of hydrogen-bond acceptors (Lipinski definition) is 7.